The lowest BCUT2D eigenvalue weighted by molar-refractivity contribution is -0.131. The summed E-state index contributed by atoms with van der Waals surface area (Å²) in [6, 6.07) is 8.29. The number of Topliss-reactive ketones (excluding diaryl/α,β-unsaturated/α-hetero) is 1. The molecule has 0 bridgehead atoms. The Morgan fingerprint density at radius 1 is 1.05 bits per heavy atom. The number of ether oxygens (including phenoxy) is 2. The highest BCUT2D eigenvalue weighted by atomic mass is 16.5. The van der Waals surface area contributed by atoms with Crippen LogP contribution in [0.25, 0.3) is 0 Å². The van der Waals surface area contributed by atoms with E-state index in [4.69, 9.17) is 9.47 Å². The lowest BCUT2D eigenvalue weighted by Crippen LogP contribution is -2.43. The molecular formula is C34H45NO4. The van der Waals surface area contributed by atoms with Crippen LogP contribution in [0.5, 0.6) is 5.75 Å². The maximum Gasteiger partial charge on any atom is 0.163 e. The first-order valence-electron chi connectivity index (χ1n) is 15.4. The first-order valence-corrected chi connectivity index (χ1v) is 15.4. The van der Waals surface area contributed by atoms with Crippen molar-refractivity contribution in [2.45, 2.75) is 77.0 Å². The molecule has 3 fully saturated rings. The molecule has 1 aromatic carbocycles. The van der Waals surface area contributed by atoms with E-state index in [0.717, 1.165) is 62.8 Å². The minimum atomic E-state index is -0.106. The molecule has 2 saturated carbocycles. The van der Waals surface area contributed by atoms with Crippen molar-refractivity contribution in [2.24, 2.45) is 23.2 Å². The van der Waals surface area contributed by atoms with Gasteiger partial charge in [0.25, 0.3) is 0 Å². The van der Waals surface area contributed by atoms with Crippen LogP contribution in [0.1, 0.15) is 82.6 Å². The van der Waals surface area contributed by atoms with Gasteiger partial charge < -0.3 is 9.47 Å². The van der Waals surface area contributed by atoms with Gasteiger partial charge in [0, 0.05) is 19.6 Å². The number of piperidine rings is 1. The highest BCUT2D eigenvalue weighted by Crippen LogP contribution is 2.62. The van der Waals surface area contributed by atoms with Crippen LogP contribution in [0.2, 0.25) is 0 Å². The van der Waals surface area contributed by atoms with Gasteiger partial charge in [0.15, 0.2) is 11.6 Å². The van der Waals surface area contributed by atoms with Crippen molar-refractivity contribution in [1.82, 2.24) is 4.90 Å². The molecule has 1 aromatic rings. The summed E-state index contributed by atoms with van der Waals surface area (Å²) in [5, 5.41) is 0. The van der Waals surface area contributed by atoms with Gasteiger partial charge in [-0.15, -0.1) is 0 Å². The molecule has 1 aliphatic heterocycles. The number of fused-ring (bicyclic) bond motifs is 4. The predicted octanol–water partition coefficient (Wildman–Crippen LogP) is 6.28. The topological polar surface area (TPSA) is 55.8 Å². The molecule has 1 saturated heterocycles. The number of carbonyl (C=O) groups excluding carboxylic acids is 2. The second kappa shape index (κ2) is 11.3. The van der Waals surface area contributed by atoms with E-state index < -0.39 is 0 Å². The van der Waals surface area contributed by atoms with E-state index in [1.807, 2.05) is 18.2 Å². The highest BCUT2D eigenvalue weighted by Gasteiger charge is 2.55. The van der Waals surface area contributed by atoms with Crippen molar-refractivity contribution in [3.63, 3.8) is 0 Å². The number of ketones is 2. The number of rotatable bonds is 8. The van der Waals surface area contributed by atoms with Crippen LogP contribution < -0.4 is 4.74 Å². The Bertz CT molecular complexity index is 1140. The number of hydrogen-bond donors (Lipinski definition) is 0. The minimum absolute atomic E-state index is 0.0826. The molecule has 5 heteroatoms. The lowest BCUT2D eigenvalue weighted by Gasteiger charge is -2.49. The Hall–Kier alpha value is -2.24. The summed E-state index contributed by atoms with van der Waals surface area (Å²) < 4.78 is 11.3. The molecule has 5 atom stereocenters. The Morgan fingerprint density at radius 2 is 1.85 bits per heavy atom. The SMILES string of the molecule is COCC(=O)[C@H]1CC[C@H]2[C@@H]3CCC4=CC(=O)C(c5ccc(OCCN6CCCCC6)cc5)CC4=C3CC[C@]12C. The third-order valence-electron chi connectivity index (χ3n) is 10.9. The van der Waals surface area contributed by atoms with Gasteiger partial charge in [-0.1, -0.05) is 31.1 Å². The molecule has 39 heavy (non-hydrogen) atoms. The molecule has 0 aromatic heterocycles. The van der Waals surface area contributed by atoms with Crippen molar-refractivity contribution < 1.29 is 19.1 Å². The Labute approximate surface area is 234 Å². The van der Waals surface area contributed by atoms with Gasteiger partial charge in [0.1, 0.15) is 19.0 Å². The van der Waals surface area contributed by atoms with Crippen LogP contribution in [-0.2, 0) is 14.3 Å². The first-order chi connectivity index (χ1) is 19.0. The number of likely N-dealkylation sites (tertiary alicyclic amines) is 1. The van der Waals surface area contributed by atoms with Crippen LogP contribution in [-0.4, -0.2) is 56.4 Å². The standard InChI is InChI=1S/C34H45NO4/c1-34-15-14-26-27(30(34)12-13-31(34)33(37)22-38-2)11-8-24-20-32(36)29(21-28(24)26)23-6-9-25(10-7-23)39-19-18-35-16-4-3-5-17-35/h6-7,9-10,20,27,29-31H,3-5,8,11-19,21-22H2,1-2H3/t27-,29?,30+,31-,34+/m1/s1. The largest absolute Gasteiger partial charge is 0.492 e. The summed E-state index contributed by atoms with van der Waals surface area (Å²) in [6.07, 6.45) is 13.1. The van der Waals surface area contributed by atoms with E-state index >= 15 is 0 Å². The Morgan fingerprint density at radius 3 is 2.62 bits per heavy atom. The van der Waals surface area contributed by atoms with Crippen molar-refractivity contribution >= 4 is 11.6 Å². The van der Waals surface area contributed by atoms with Crippen molar-refractivity contribution in [1.29, 1.82) is 0 Å². The van der Waals surface area contributed by atoms with Gasteiger partial charge in [-0.05, 0) is 123 Å². The summed E-state index contributed by atoms with van der Waals surface area (Å²) in [5.41, 5.74) is 5.53. The quantitative estimate of drug-likeness (QED) is 0.395. The van der Waals surface area contributed by atoms with E-state index in [-0.39, 0.29) is 35.4 Å². The maximum atomic E-state index is 13.3. The fourth-order valence-corrected chi connectivity index (χ4v) is 8.86. The molecular weight excluding hydrogens is 486 g/mol. The van der Waals surface area contributed by atoms with E-state index in [1.54, 1.807) is 12.7 Å². The predicted molar refractivity (Wildman–Crippen MR) is 153 cm³/mol. The third kappa shape index (κ3) is 5.17. The molecule has 5 nitrogen and oxygen atoms in total. The molecule has 4 aliphatic carbocycles. The Balaban J connectivity index is 1.15. The van der Waals surface area contributed by atoms with Gasteiger partial charge in [-0.2, -0.15) is 0 Å². The van der Waals surface area contributed by atoms with Gasteiger partial charge in [0.05, 0.1) is 5.92 Å². The van der Waals surface area contributed by atoms with Gasteiger partial charge in [-0.25, -0.2) is 0 Å². The fourth-order valence-electron chi connectivity index (χ4n) is 8.86. The molecule has 1 unspecified atom stereocenters. The number of allylic oxidation sites excluding steroid dienone is 4. The molecule has 0 amide bonds. The molecule has 0 spiro atoms. The van der Waals surface area contributed by atoms with E-state index in [0.29, 0.717) is 18.4 Å². The summed E-state index contributed by atoms with van der Waals surface area (Å²) in [6.45, 7) is 6.68. The molecule has 6 rings (SSSR count). The average molecular weight is 532 g/mol. The van der Waals surface area contributed by atoms with Crippen molar-refractivity contribution in [3.05, 3.63) is 52.6 Å². The van der Waals surface area contributed by atoms with Crippen molar-refractivity contribution in [3.8, 4) is 5.75 Å². The highest BCUT2D eigenvalue weighted by molar-refractivity contribution is 5.98. The van der Waals surface area contributed by atoms with E-state index in [1.165, 1.54) is 43.5 Å². The summed E-state index contributed by atoms with van der Waals surface area (Å²) in [5.74, 6) is 2.58. The first kappa shape index (κ1) is 27.0. The summed E-state index contributed by atoms with van der Waals surface area (Å²) in [4.78, 5) is 28.7. The normalized spacial score (nSPS) is 32.8. The lowest BCUT2D eigenvalue weighted by atomic mass is 9.55. The van der Waals surface area contributed by atoms with Gasteiger partial charge >= 0.3 is 0 Å². The van der Waals surface area contributed by atoms with Gasteiger partial charge in [-0.3, -0.25) is 14.5 Å². The zero-order chi connectivity index (χ0) is 27.0. The molecule has 210 valence electrons. The maximum absolute atomic E-state index is 13.3. The monoisotopic (exact) mass is 531 g/mol. The van der Waals surface area contributed by atoms with Crippen molar-refractivity contribution in [2.75, 3.05) is 40.0 Å². The molecule has 0 radical (unpaired) electrons. The van der Waals surface area contributed by atoms with Crippen LogP contribution in [0.15, 0.2) is 47.1 Å². The van der Waals surface area contributed by atoms with E-state index in [9.17, 15) is 9.59 Å². The average Bonchev–Trinajstić information content (AvgIpc) is 3.31. The van der Waals surface area contributed by atoms with Crippen LogP contribution >= 0.6 is 0 Å². The van der Waals surface area contributed by atoms with Crippen LogP contribution in [0.3, 0.4) is 0 Å². The smallest absolute Gasteiger partial charge is 0.163 e. The van der Waals surface area contributed by atoms with E-state index in [2.05, 4.69) is 24.0 Å². The molecule has 1 heterocycles. The molecule has 0 N–H and O–H groups in total. The molecule has 5 aliphatic rings. The number of carbonyl (C=O) groups is 2. The third-order valence-corrected chi connectivity index (χ3v) is 10.9. The summed E-state index contributed by atoms with van der Waals surface area (Å²) in [7, 11) is 1.63. The second-order valence-electron chi connectivity index (χ2n) is 12.9. The minimum Gasteiger partial charge on any atom is -0.492 e. The summed E-state index contributed by atoms with van der Waals surface area (Å²) >= 11 is 0. The zero-order valence-corrected chi connectivity index (χ0v) is 23.9. The van der Waals surface area contributed by atoms with Crippen LogP contribution in [0, 0.1) is 23.2 Å². The Kier molecular flexibility index (Phi) is 7.83. The number of benzene rings is 1. The second-order valence-corrected chi connectivity index (χ2v) is 12.9. The fraction of sp³-hybridized carbons (Fsp3) is 0.647. The van der Waals surface area contributed by atoms with Crippen LogP contribution in [0.4, 0.5) is 0 Å². The zero-order valence-electron chi connectivity index (χ0n) is 23.9. The van der Waals surface area contributed by atoms with Gasteiger partial charge in [0.2, 0.25) is 0 Å². The number of hydrogen-bond acceptors (Lipinski definition) is 5. The number of nitrogens with zero attached hydrogens (tertiary/aromatic N) is 1. The number of methoxy groups -OCH3 is 1.